The van der Waals surface area contributed by atoms with Crippen LogP contribution in [0.25, 0.3) is 17.1 Å². The van der Waals surface area contributed by atoms with Crippen molar-refractivity contribution in [3.05, 3.63) is 59.9 Å². The van der Waals surface area contributed by atoms with Gasteiger partial charge in [-0.3, -0.25) is 14.7 Å². The fourth-order valence-corrected chi connectivity index (χ4v) is 3.16. The molecule has 0 bridgehead atoms. The van der Waals surface area contributed by atoms with Crippen LogP contribution >= 0.6 is 11.8 Å². The molecule has 0 saturated heterocycles. The van der Waals surface area contributed by atoms with Gasteiger partial charge in [-0.05, 0) is 31.2 Å². The van der Waals surface area contributed by atoms with E-state index in [1.54, 1.807) is 22.8 Å². The lowest BCUT2D eigenvalue weighted by Crippen LogP contribution is -2.36. The Morgan fingerprint density at radius 2 is 1.85 bits per heavy atom. The minimum Gasteiger partial charge on any atom is -0.351 e. The molecule has 3 N–H and O–H groups in total. The number of primary amides is 1. The lowest BCUT2D eigenvalue weighted by molar-refractivity contribution is -0.117. The molecule has 3 aromatic rings. The van der Waals surface area contributed by atoms with Crippen molar-refractivity contribution in [3.8, 4) is 17.1 Å². The largest absolute Gasteiger partial charge is 0.351 e. The lowest BCUT2D eigenvalue weighted by atomic mass is 10.2. The normalized spacial score (nSPS) is 10.6. The summed E-state index contributed by atoms with van der Waals surface area (Å²) in [7, 11) is 0. The molecular formula is C18H16FN5O2S. The molecule has 0 atom stereocenters. The van der Waals surface area contributed by atoms with Crippen LogP contribution in [0, 0.1) is 12.7 Å². The number of imide groups is 1. The monoisotopic (exact) mass is 385 g/mol. The molecule has 9 heteroatoms. The van der Waals surface area contributed by atoms with Crippen LogP contribution in [-0.4, -0.2) is 32.5 Å². The number of carbonyl (C=O) groups excluding carboxylic acids is 2. The number of amides is 3. The van der Waals surface area contributed by atoms with Gasteiger partial charge in [0.2, 0.25) is 5.91 Å². The molecule has 0 spiro atoms. The second-order valence-corrected chi connectivity index (χ2v) is 6.60. The van der Waals surface area contributed by atoms with Crippen molar-refractivity contribution < 1.29 is 14.0 Å². The second-order valence-electron chi connectivity index (χ2n) is 5.66. The van der Waals surface area contributed by atoms with Gasteiger partial charge in [-0.15, -0.1) is 10.2 Å². The molecule has 1 aromatic heterocycles. The summed E-state index contributed by atoms with van der Waals surface area (Å²) in [6.45, 7) is 1.96. The molecule has 3 rings (SSSR count). The SMILES string of the molecule is Cc1ccc(-n2c(SCC(=O)NC(N)=O)nnc2-c2ccccc2F)cc1. The number of benzene rings is 2. The van der Waals surface area contributed by atoms with Crippen LogP contribution in [0.3, 0.4) is 0 Å². The number of thioether (sulfide) groups is 1. The fourth-order valence-electron chi connectivity index (χ4n) is 2.41. The number of carbonyl (C=O) groups is 2. The standard InChI is InChI=1S/C18H16FN5O2S/c1-11-6-8-12(9-7-11)24-16(13-4-2-3-5-14(13)19)22-23-18(24)27-10-15(25)21-17(20)26/h2-9H,10H2,1H3,(H3,20,21,25,26). The summed E-state index contributed by atoms with van der Waals surface area (Å²) in [4.78, 5) is 22.5. The van der Waals surface area contributed by atoms with E-state index in [9.17, 15) is 14.0 Å². The summed E-state index contributed by atoms with van der Waals surface area (Å²) in [6.07, 6.45) is 0. The van der Waals surface area contributed by atoms with Crippen molar-refractivity contribution in [3.63, 3.8) is 0 Å². The molecule has 1 heterocycles. The molecule has 2 aromatic carbocycles. The van der Waals surface area contributed by atoms with Gasteiger partial charge in [0.05, 0.1) is 11.3 Å². The number of urea groups is 1. The number of halogens is 1. The molecule has 0 unspecified atom stereocenters. The molecule has 7 nitrogen and oxygen atoms in total. The smallest absolute Gasteiger partial charge is 0.318 e. The summed E-state index contributed by atoms with van der Waals surface area (Å²) in [6, 6.07) is 12.9. The predicted molar refractivity (Wildman–Crippen MR) is 99.9 cm³/mol. The average molecular weight is 385 g/mol. The van der Waals surface area contributed by atoms with E-state index in [1.165, 1.54) is 6.07 Å². The summed E-state index contributed by atoms with van der Waals surface area (Å²) in [5, 5.41) is 10.6. The van der Waals surface area contributed by atoms with Crippen molar-refractivity contribution in [2.75, 3.05) is 5.75 Å². The average Bonchev–Trinajstić information content (AvgIpc) is 3.04. The third-order valence-corrected chi connectivity index (χ3v) is 4.56. The number of hydrogen-bond acceptors (Lipinski definition) is 5. The molecule has 0 fully saturated rings. The summed E-state index contributed by atoms with van der Waals surface area (Å²) < 4.78 is 16.0. The molecule has 138 valence electrons. The van der Waals surface area contributed by atoms with Crippen molar-refractivity contribution in [1.82, 2.24) is 20.1 Å². The van der Waals surface area contributed by atoms with E-state index in [0.29, 0.717) is 16.5 Å². The van der Waals surface area contributed by atoms with Gasteiger partial charge in [0.15, 0.2) is 11.0 Å². The van der Waals surface area contributed by atoms with Crippen LogP contribution in [0.5, 0.6) is 0 Å². The molecule has 0 aliphatic heterocycles. The molecule has 0 radical (unpaired) electrons. The Morgan fingerprint density at radius 3 is 2.52 bits per heavy atom. The van der Waals surface area contributed by atoms with Crippen molar-refractivity contribution in [1.29, 1.82) is 0 Å². The minimum absolute atomic E-state index is 0.0930. The summed E-state index contributed by atoms with van der Waals surface area (Å²) in [5.74, 6) is -0.765. The van der Waals surface area contributed by atoms with Crippen LogP contribution in [-0.2, 0) is 4.79 Å². The third-order valence-electron chi connectivity index (χ3n) is 3.64. The van der Waals surface area contributed by atoms with E-state index in [0.717, 1.165) is 23.0 Å². The highest BCUT2D eigenvalue weighted by Crippen LogP contribution is 2.29. The van der Waals surface area contributed by atoms with Crippen LogP contribution < -0.4 is 11.1 Å². The quantitative estimate of drug-likeness (QED) is 0.657. The number of nitrogens with zero attached hydrogens (tertiary/aromatic N) is 3. The zero-order chi connectivity index (χ0) is 19.4. The molecule has 0 aliphatic rings. The Bertz CT molecular complexity index is 988. The minimum atomic E-state index is -0.923. The highest BCUT2D eigenvalue weighted by molar-refractivity contribution is 7.99. The topological polar surface area (TPSA) is 103 Å². The zero-order valence-electron chi connectivity index (χ0n) is 14.3. The van der Waals surface area contributed by atoms with Crippen molar-refractivity contribution in [2.24, 2.45) is 5.73 Å². The van der Waals surface area contributed by atoms with E-state index >= 15 is 0 Å². The number of nitrogens with one attached hydrogen (secondary N) is 1. The van der Waals surface area contributed by atoms with Gasteiger partial charge in [-0.2, -0.15) is 0 Å². The third kappa shape index (κ3) is 4.32. The van der Waals surface area contributed by atoms with Gasteiger partial charge in [0, 0.05) is 5.69 Å². The molecule has 27 heavy (non-hydrogen) atoms. The highest BCUT2D eigenvalue weighted by atomic mass is 32.2. The Balaban J connectivity index is 2.01. The van der Waals surface area contributed by atoms with E-state index in [2.05, 4.69) is 10.2 Å². The maximum Gasteiger partial charge on any atom is 0.318 e. The van der Waals surface area contributed by atoms with E-state index in [1.807, 2.05) is 36.5 Å². The van der Waals surface area contributed by atoms with Gasteiger partial charge in [-0.1, -0.05) is 41.6 Å². The second kappa shape index (κ2) is 8.00. The zero-order valence-corrected chi connectivity index (χ0v) is 15.2. The summed E-state index contributed by atoms with van der Waals surface area (Å²) in [5.41, 5.74) is 7.02. The first-order chi connectivity index (χ1) is 13.0. The van der Waals surface area contributed by atoms with E-state index in [-0.39, 0.29) is 5.75 Å². The Labute approximate surface area is 158 Å². The van der Waals surface area contributed by atoms with Crippen LogP contribution in [0.1, 0.15) is 5.56 Å². The first kappa shape index (κ1) is 18.6. The van der Waals surface area contributed by atoms with Gasteiger partial charge >= 0.3 is 6.03 Å². The Kier molecular flexibility index (Phi) is 5.51. The van der Waals surface area contributed by atoms with Gasteiger partial charge in [-0.25, -0.2) is 9.18 Å². The van der Waals surface area contributed by atoms with Crippen LogP contribution in [0.2, 0.25) is 0 Å². The highest BCUT2D eigenvalue weighted by Gasteiger charge is 2.19. The first-order valence-corrected chi connectivity index (χ1v) is 8.93. The number of rotatable bonds is 5. The molecule has 0 aliphatic carbocycles. The van der Waals surface area contributed by atoms with E-state index < -0.39 is 17.8 Å². The summed E-state index contributed by atoms with van der Waals surface area (Å²) >= 11 is 1.06. The number of aryl methyl sites for hydroxylation is 1. The number of aromatic nitrogens is 3. The number of nitrogens with two attached hydrogens (primary N) is 1. The maximum absolute atomic E-state index is 14.3. The lowest BCUT2D eigenvalue weighted by Gasteiger charge is -2.11. The predicted octanol–water partition coefficient (Wildman–Crippen LogP) is 2.67. The van der Waals surface area contributed by atoms with Gasteiger partial charge in [0.1, 0.15) is 5.82 Å². The van der Waals surface area contributed by atoms with Crippen LogP contribution in [0.15, 0.2) is 53.7 Å². The van der Waals surface area contributed by atoms with E-state index in [4.69, 9.17) is 5.73 Å². The Morgan fingerprint density at radius 1 is 1.15 bits per heavy atom. The van der Waals surface area contributed by atoms with Crippen LogP contribution in [0.4, 0.5) is 9.18 Å². The molecular weight excluding hydrogens is 369 g/mol. The molecule has 3 amide bonds. The fraction of sp³-hybridized carbons (Fsp3) is 0.111. The number of hydrogen-bond donors (Lipinski definition) is 2. The maximum atomic E-state index is 14.3. The first-order valence-electron chi connectivity index (χ1n) is 7.95. The van der Waals surface area contributed by atoms with Gasteiger partial charge < -0.3 is 5.73 Å². The van der Waals surface area contributed by atoms with Crippen molar-refractivity contribution in [2.45, 2.75) is 12.1 Å². The van der Waals surface area contributed by atoms with Crippen molar-refractivity contribution >= 4 is 23.7 Å². The van der Waals surface area contributed by atoms with Gasteiger partial charge in [0.25, 0.3) is 0 Å². The Hall–Kier alpha value is -3.20. The molecule has 0 saturated carbocycles.